The standard InChI is InChI=1S/C81H162NO8P/c1-6-8-10-12-14-16-18-20-22-24-26-28-30-32-34-36-38-40-41-42-44-46-48-50-52-54-56-58-60-62-64-66-68-70-72-74-81(84)90-79(78-89-91(85,86)88-76-75-82(3,4)5)77-87-80(83)73-71-69-67-65-63-61-59-57-55-53-51-49-47-45-43-39-37-35-33-31-29-27-25-23-21-19-17-15-13-11-9-7-2/h79H,6-78H2,1-5H3/p+1. The fourth-order valence-electron chi connectivity index (χ4n) is 13.1. The molecule has 0 amide bonds. The van der Waals surface area contributed by atoms with Crippen LogP contribution in [-0.4, -0.2) is 74.9 Å². The Morgan fingerprint density at radius 1 is 0.297 bits per heavy atom. The van der Waals surface area contributed by atoms with Crippen molar-refractivity contribution < 1.29 is 42.1 Å². The summed E-state index contributed by atoms with van der Waals surface area (Å²) in [5, 5.41) is 0. The summed E-state index contributed by atoms with van der Waals surface area (Å²) in [5.74, 6) is -0.764. The number of phosphoric acid groups is 1. The Balaban J connectivity index is 3.87. The molecule has 0 aromatic rings. The highest BCUT2D eigenvalue weighted by molar-refractivity contribution is 7.47. The summed E-state index contributed by atoms with van der Waals surface area (Å²) in [5.41, 5.74) is 0. The number of carbonyl (C=O) groups is 2. The number of unbranched alkanes of at least 4 members (excludes halogenated alkanes) is 65. The van der Waals surface area contributed by atoms with Gasteiger partial charge in [0.15, 0.2) is 6.10 Å². The molecule has 2 unspecified atom stereocenters. The summed E-state index contributed by atoms with van der Waals surface area (Å²) in [4.78, 5) is 36.0. The van der Waals surface area contributed by atoms with E-state index in [0.717, 1.165) is 38.5 Å². The molecular weight excluding hydrogens is 1150 g/mol. The summed E-state index contributed by atoms with van der Waals surface area (Å²) >= 11 is 0. The zero-order chi connectivity index (χ0) is 66.2. The van der Waals surface area contributed by atoms with Gasteiger partial charge >= 0.3 is 19.8 Å². The maximum atomic E-state index is 12.9. The first-order valence-electron chi connectivity index (χ1n) is 41.3. The Bertz CT molecular complexity index is 1490. The number of rotatable bonds is 79. The number of likely N-dealkylation sites (N-methyl/N-ethyl adjacent to an activating group) is 1. The first-order valence-corrected chi connectivity index (χ1v) is 42.8. The molecule has 0 rings (SSSR count). The van der Waals surface area contributed by atoms with Gasteiger partial charge in [0.1, 0.15) is 19.8 Å². The zero-order valence-corrected chi connectivity index (χ0v) is 63.3. The van der Waals surface area contributed by atoms with Crippen molar-refractivity contribution in [1.82, 2.24) is 0 Å². The minimum Gasteiger partial charge on any atom is -0.462 e. The Morgan fingerprint density at radius 3 is 0.703 bits per heavy atom. The van der Waals surface area contributed by atoms with Crippen LogP contribution in [-0.2, 0) is 32.7 Å². The van der Waals surface area contributed by atoms with Gasteiger partial charge in [0.25, 0.3) is 0 Å². The van der Waals surface area contributed by atoms with E-state index in [0.29, 0.717) is 17.4 Å². The van der Waals surface area contributed by atoms with Crippen LogP contribution in [0.5, 0.6) is 0 Å². The fraction of sp³-hybridized carbons (Fsp3) is 0.975. The predicted molar refractivity (Wildman–Crippen MR) is 395 cm³/mol. The molecule has 91 heavy (non-hydrogen) atoms. The van der Waals surface area contributed by atoms with Crippen molar-refractivity contribution in [2.45, 2.75) is 463 Å². The molecule has 0 fully saturated rings. The number of carbonyl (C=O) groups excluding carboxylic acids is 2. The number of esters is 2. The second-order valence-corrected chi connectivity index (χ2v) is 31.3. The van der Waals surface area contributed by atoms with Crippen LogP contribution in [0.1, 0.15) is 457 Å². The van der Waals surface area contributed by atoms with Crippen molar-refractivity contribution in [2.75, 3.05) is 47.5 Å². The van der Waals surface area contributed by atoms with E-state index in [1.54, 1.807) is 0 Å². The number of nitrogens with zero attached hydrogens (tertiary/aromatic N) is 1. The third-order valence-electron chi connectivity index (χ3n) is 19.4. The molecule has 0 aromatic heterocycles. The molecule has 0 heterocycles. The average molecular weight is 1310 g/mol. The van der Waals surface area contributed by atoms with Gasteiger partial charge in [0.05, 0.1) is 27.7 Å². The van der Waals surface area contributed by atoms with E-state index >= 15 is 0 Å². The van der Waals surface area contributed by atoms with Crippen LogP contribution >= 0.6 is 7.82 Å². The quantitative estimate of drug-likeness (QED) is 0.0278. The van der Waals surface area contributed by atoms with Crippen molar-refractivity contribution in [2.24, 2.45) is 0 Å². The van der Waals surface area contributed by atoms with Crippen LogP contribution in [0.15, 0.2) is 0 Å². The molecular formula is C81H163NO8P+. The topological polar surface area (TPSA) is 108 Å². The molecule has 10 heteroatoms. The lowest BCUT2D eigenvalue weighted by molar-refractivity contribution is -0.870. The fourth-order valence-corrected chi connectivity index (χ4v) is 13.8. The summed E-state index contributed by atoms with van der Waals surface area (Å²) in [6.07, 6.45) is 91.3. The van der Waals surface area contributed by atoms with E-state index in [9.17, 15) is 19.0 Å². The highest BCUT2D eigenvalue weighted by atomic mass is 31.2. The van der Waals surface area contributed by atoms with Crippen molar-refractivity contribution in [3.05, 3.63) is 0 Å². The van der Waals surface area contributed by atoms with Gasteiger partial charge in [-0.25, -0.2) is 4.57 Å². The monoisotopic (exact) mass is 1310 g/mol. The highest BCUT2D eigenvalue weighted by Crippen LogP contribution is 2.43. The van der Waals surface area contributed by atoms with Gasteiger partial charge in [-0.3, -0.25) is 18.6 Å². The van der Waals surface area contributed by atoms with E-state index < -0.39 is 26.5 Å². The minimum atomic E-state index is -4.39. The number of hydrogen-bond donors (Lipinski definition) is 1. The molecule has 2 atom stereocenters. The third kappa shape index (κ3) is 77.9. The van der Waals surface area contributed by atoms with Crippen LogP contribution in [0.4, 0.5) is 0 Å². The van der Waals surface area contributed by atoms with Gasteiger partial charge in [0.2, 0.25) is 0 Å². The molecule has 9 nitrogen and oxygen atoms in total. The molecule has 0 aromatic carbocycles. The maximum absolute atomic E-state index is 12.9. The van der Waals surface area contributed by atoms with Crippen LogP contribution in [0, 0.1) is 0 Å². The van der Waals surface area contributed by atoms with Crippen LogP contribution in [0.25, 0.3) is 0 Å². The van der Waals surface area contributed by atoms with E-state index in [4.69, 9.17) is 18.5 Å². The molecule has 544 valence electrons. The molecule has 0 aliphatic heterocycles. The van der Waals surface area contributed by atoms with E-state index in [2.05, 4.69) is 13.8 Å². The van der Waals surface area contributed by atoms with Crippen LogP contribution in [0.2, 0.25) is 0 Å². The van der Waals surface area contributed by atoms with Gasteiger partial charge < -0.3 is 18.9 Å². The van der Waals surface area contributed by atoms with E-state index in [1.165, 1.54) is 392 Å². The van der Waals surface area contributed by atoms with Crippen molar-refractivity contribution in [1.29, 1.82) is 0 Å². The Labute approximate surface area is 569 Å². The maximum Gasteiger partial charge on any atom is 0.472 e. The highest BCUT2D eigenvalue weighted by Gasteiger charge is 2.27. The minimum absolute atomic E-state index is 0.0379. The van der Waals surface area contributed by atoms with Gasteiger partial charge in [-0.2, -0.15) is 0 Å². The second kappa shape index (κ2) is 73.3. The van der Waals surface area contributed by atoms with Gasteiger partial charge in [0, 0.05) is 12.8 Å². The molecule has 0 aliphatic carbocycles. The van der Waals surface area contributed by atoms with Crippen molar-refractivity contribution in [3.8, 4) is 0 Å². The molecule has 0 saturated carbocycles. The van der Waals surface area contributed by atoms with Crippen molar-refractivity contribution >= 4 is 19.8 Å². The first-order chi connectivity index (χ1) is 44.5. The van der Waals surface area contributed by atoms with Crippen molar-refractivity contribution in [3.63, 3.8) is 0 Å². The van der Waals surface area contributed by atoms with Gasteiger partial charge in [-0.1, -0.05) is 431 Å². The number of ether oxygens (including phenoxy) is 2. The first kappa shape index (κ1) is 90.0. The average Bonchev–Trinajstić information content (AvgIpc) is 3.73. The van der Waals surface area contributed by atoms with Crippen LogP contribution < -0.4 is 0 Å². The number of phosphoric ester groups is 1. The summed E-state index contributed by atoms with van der Waals surface area (Å²) in [6.45, 7) is 4.55. The second-order valence-electron chi connectivity index (χ2n) is 29.9. The number of quaternary nitrogens is 1. The van der Waals surface area contributed by atoms with Crippen LogP contribution in [0.3, 0.4) is 0 Å². The van der Waals surface area contributed by atoms with Gasteiger partial charge in [-0.15, -0.1) is 0 Å². The summed E-state index contributed by atoms with van der Waals surface area (Å²) in [6, 6.07) is 0. The largest absolute Gasteiger partial charge is 0.472 e. The molecule has 0 aliphatic rings. The number of hydrogen-bond acceptors (Lipinski definition) is 7. The molecule has 0 bridgehead atoms. The van der Waals surface area contributed by atoms with Gasteiger partial charge in [-0.05, 0) is 12.8 Å². The Kier molecular flexibility index (Phi) is 72.5. The Hall–Kier alpha value is -0.990. The predicted octanol–water partition coefficient (Wildman–Crippen LogP) is 27.2. The van der Waals surface area contributed by atoms with E-state index in [1.807, 2.05) is 21.1 Å². The zero-order valence-electron chi connectivity index (χ0n) is 62.4. The summed E-state index contributed by atoms with van der Waals surface area (Å²) in [7, 11) is 1.51. The molecule has 0 saturated heterocycles. The Morgan fingerprint density at radius 2 is 0.495 bits per heavy atom. The molecule has 0 spiro atoms. The third-order valence-corrected chi connectivity index (χ3v) is 20.4. The smallest absolute Gasteiger partial charge is 0.462 e. The molecule has 0 radical (unpaired) electrons. The lowest BCUT2D eigenvalue weighted by Crippen LogP contribution is -2.37. The lowest BCUT2D eigenvalue weighted by Gasteiger charge is -2.24. The SMILES string of the molecule is CCCCCCCCCCCCCCCCCCCCCCCCCCCCCCCCCCCCCC(=O)OC(COC(=O)CCCCCCCCCCCCCCCCCCCCCCCCCCCCCCCCCC)COP(=O)(O)OCC[N+](C)(C)C. The lowest BCUT2D eigenvalue weighted by atomic mass is 10.0. The van der Waals surface area contributed by atoms with E-state index in [-0.39, 0.29) is 25.6 Å². The normalized spacial score (nSPS) is 12.9. The molecule has 1 N–H and O–H groups in total. The summed E-state index contributed by atoms with van der Waals surface area (Å²) < 4.78 is 34.9.